The molecule has 6 heteroatoms. The van der Waals surface area contributed by atoms with Crippen molar-refractivity contribution < 1.29 is 0 Å². The number of hydrogen-bond donors (Lipinski definition) is 2. The van der Waals surface area contributed by atoms with Gasteiger partial charge in [-0.3, -0.25) is 0 Å². The van der Waals surface area contributed by atoms with E-state index in [2.05, 4.69) is 53.8 Å². The maximum atomic E-state index is 5.29. The van der Waals surface area contributed by atoms with Crippen LogP contribution in [0.1, 0.15) is 23.7 Å². The number of anilines is 1. The minimum Gasteiger partial charge on any atom is -0.363 e. The molecule has 124 valence electrons. The number of thiocarbonyl (C=S) groups is 1. The van der Waals surface area contributed by atoms with Crippen LogP contribution in [0.2, 0.25) is 0 Å². The molecule has 24 heavy (non-hydrogen) atoms. The number of nitrogens with one attached hydrogen (secondary N) is 2. The second-order valence-electron chi connectivity index (χ2n) is 5.84. The standard InChI is InChI=1S/C18H21N5S/c1-5-19-18(24)21-16-10-13(4)22-23(16)15-9-12(3)14-8-6-7-11(2)17(14)20-15/h6-10H,5H2,1-4H3,(H2,19,21,24). The lowest BCUT2D eigenvalue weighted by atomic mass is 10.1. The summed E-state index contributed by atoms with van der Waals surface area (Å²) in [5.41, 5.74) is 4.23. The van der Waals surface area contributed by atoms with Crippen molar-refractivity contribution in [1.29, 1.82) is 0 Å². The summed E-state index contributed by atoms with van der Waals surface area (Å²) < 4.78 is 1.80. The Morgan fingerprint density at radius 1 is 1.17 bits per heavy atom. The topological polar surface area (TPSA) is 54.8 Å². The Hall–Kier alpha value is -2.47. The van der Waals surface area contributed by atoms with Gasteiger partial charge in [0.2, 0.25) is 0 Å². The Kier molecular flexibility index (Phi) is 4.49. The van der Waals surface area contributed by atoms with Crippen LogP contribution in [0, 0.1) is 20.8 Å². The van der Waals surface area contributed by atoms with Crippen LogP contribution in [-0.2, 0) is 0 Å². The second-order valence-corrected chi connectivity index (χ2v) is 6.24. The molecule has 0 aliphatic rings. The van der Waals surface area contributed by atoms with Gasteiger partial charge in [-0.1, -0.05) is 18.2 Å². The molecule has 0 saturated carbocycles. The van der Waals surface area contributed by atoms with E-state index < -0.39 is 0 Å². The van der Waals surface area contributed by atoms with Gasteiger partial charge in [-0.15, -0.1) is 0 Å². The van der Waals surface area contributed by atoms with E-state index in [1.165, 1.54) is 10.9 Å². The number of fused-ring (bicyclic) bond motifs is 1. The molecule has 3 rings (SSSR count). The van der Waals surface area contributed by atoms with E-state index in [0.29, 0.717) is 5.11 Å². The fourth-order valence-corrected chi connectivity index (χ4v) is 2.99. The van der Waals surface area contributed by atoms with Crippen molar-refractivity contribution in [1.82, 2.24) is 20.1 Å². The van der Waals surface area contributed by atoms with Crippen LogP contribution >= 0.6 is 12.2 Å². The molecule has 2 aromatic heterocycles. The van der Waals surface area contributed by atoms with Crippen molar-refractivity contribution >= 4 is 34.1 Å². The molecule has 2 N–H and O–H groups in total. The number of pyridine rings is 1. The van der Waals surface area contributed by atoms with Gasteiger partial charge >= 0.3 is 0 Å². The summed E-state index contributed by atoms with van der Waals surface area (Å²) in [5.74, 6) is 1.59. The van der Waals surface area contributed by atoms with Gasteiger partial charge in [-0.25, -0.2) is 4.98 Å². The van der Waals surface area contributed by atoms with Gasteiger partial charge in [0.1, 0.15) is 5.82 Å². The molecule has 2 heterocycles. The monoisotopic (exact) mass is 339 g/mol. The van der Waals surface area contributed by atoms with Crippen LogP contribution in [0.25, 0.3) is 16.7 Å². The molecular formula is C18H21N5S. The fraction of sp³-hybridized carbons (Fsp3) is 0.278. The molecule has 0 bridgehead atoms. The zero-order valence-corrected chi connectivity index (χ0v) is 15.2. The number of benzene rings is 1. The molecule has 0 atom stereocenters. The first-order valence-electron chi connectivity index (χ1n) is 7.98. The van der Waals surface area contributed by atoms with Crippen molar-refractivity contribution in [3.63, 3.8) is 0 Å². The predicted molar refractivity (Wildman–Crippen MR) is 103 cm³/mol. The molecule has 0 aliphatic carbocycles. The third kappa shape index (κ3) is 3.10. The second kappa shape index (κ2) is 6.57. The summed E-state index contributed by atoms with van der Waals surface area (Å²) in [5, 5.41) is 12.6. The zero-order valence-electron chi connectivity index (χ0n) is 14.3. The highest BCUT2D eigenvalue weighted by Gasteiger charge is 2.12. The van der Waals surface area contributed by atoms with E-state index in [-0.39, 0.29) is 0 Å². The molecule has 0 aliphatic heterocycles. The number of hydrogen-bond acceptors (Lipinski definition) is 3. The normalized spacial score (nSPS) is 10.8. The Bertz CT molecular complexity index is 913. The van der Waals surface area contributed by atoms with E-state index >= 15 is 0 Å². The van der Waals surface area contributed by atoms with Gasteiger partial charge < -0.3 is 10.6 Å². The average molecular weight is 339 g/mol. The van der Waals surface area contributed by atoms with Crippen molar-refractivity contribution in [3.8, 4) is 5.82 Å². The van der Waals surface area contributed by atoms with Gasteiger partial charge in [-0.2, -0.15) is 9.78 Å². The van der Waals surface area contributed by atoms with Gasteiger partial charge in [0.25, 0.3) is 0 Å². The largest absolute Gasteiger partial charge is 0.363 e. The fourth-order valence-electron chi connectivity index (χ4n) is 2.74. The summed E-state index contributed by atoms with van der Waals surface area (Å²) >= 11 is 5.29. The number of rotatable bonds is 3. The summed E-state index contributed by atoms with van der Waals surface area (Å²) in [7, 11) is 0. The van der Waals surface area contributed by atoms with Gasteiger partial charge in [0.05, 0.1) is 11.2 Å². The third-order valence-electron chi connectivity index (χ3n) is 3.86. The quantitative estimate of drug-likeness (QED) is 0.713. The first-order chi connectivity index (χ1) is 11.5. The summed E-state index contributed by atoms with van der Waals surface area (Å²) in [6.45, 7) is 8.90. The summed E-state index contributed by atoms with van der Waals surface area (Å²) in [6, 6.07) is 10.2. The summed E-state index contributed by atoms with van der Waals surface area (Å²) in [4.78, 5) is 4.83. The Labute approximate surface area is 147 Å². The van der Waals surface area contributed by atoms with Crippen LogP contribution < -0.4 is 10.6 Å². The van der Waals surface area contributed by atoms with Crippen molar-refractivity contribution in [2.75, 3.05) is 11.9 Å². The van der Waals surface area contributed by atoms with Crippen molar-refractivity contribution in [2.24, 2.45) is 0 Å². The maximum Gasteiger partial charge on any atom is 0.171 e. The SMILES string of the molecule is CCNC(=S)Nc1cc(C)nn1-c1cc(C)c2cccc(C)c2n1. The first-order valence-corrected chi connectivity index (χ1v) is 8.39. The smallest absolute Gasteiger partial charge is 0.171 e. The zero-order chi connectivity index (χ0) is 17.3. The Morgan fingerprint density at radius 2 is 1.96 bits per heavy atom. The van der Waals surface area contributed by atoms with Crippen molar-refractivity contribution in [2.45, 2.75) is 27.7 Å². The Morgan fingerprint density at radius 3 is 2.71 bits per heavy atom. The minimum absolute atomic E-state index is 0.576. The molecule has 0 unspecified atom stereocenters. The van der Waals surface area contributed by atoms with E-state index in [1.54, 1.807) is 4.68 Å². The molecule has 0 radical (unpaired) electrons. The highest BCUT2D eigenvalue weighted by Crippen LogP contribution is 2.24. The minimum atomic E-state index is 0.576. The molecule has 1 aromatic carbocycles. The molecule has 3 aromatic rings. The number of para-hydroxylation sites is 1. The highest BCUT2D eigenvalue weighted by atomic mass is 32.1. The maximum absolute atomic E-state index is 5.29. The average Bonchev–Trinajstić information content (AvgIpc) is 2.89. The molecule has 0 spiro atoms. The van der Waals surface area contributed by atoms with Crippen LogP contribution in [0.3, 0.4) is 0 Å². The molecule has 0 fully saturated rings. The predicted octanol–water partition coefficient (Wildman–Crippen LogP) is 3.65. The van der Waals surface area contributed by atoms with Crippen LogP contribution in [-0.4, -0.2) is 26.4 Å². The third-order valence-corrected chi connectivity index (χ3v) is 4.11. The Balaban J connectivity index is 2.11. The van der Waals surface area contributed by atoms with E-state index in [1.807, 2.05) is 19.9 Å². The lowest BCUT2D eigenvalue weighted by molar-refractivity contribution is 0.842. The van der Waals surface area contributed by atoms with Crippen LogP contribution in [0.5, 0.6) is 0 Å². The van der Waals surface area contributed by atoms with Crippen LogP contribution in [0.4, 0.5) is 5.82 Å². The van der Waals surface area contributed by atoms with Crippen LogP contribution in [0.15, 0.2) is 30.3 Å². The molecular weight excluding hydrogens is 318 g/mol. The van der Waals surface area contributed by atoms with E-state index in [0.717, 1.165) is 35.0 Å². The van der Waals surface area contributed by atoms with Crippen molar-refractivity contribution in [3.05, 3.63) is 47.2 Å². The van der Waals surface area contributed by atoms with Gasteiger partial charge in [0, 0.05) is 18.0 Å². The highest BCUT2D eigenvalue weighted by molar-refractivity contribution is 7.80. The van der Waals surface area contributed by atoms with E-state index in [4.69, 9.17) is 17.2 Å². The molecule has 0 saturated heterocycles. The summed E-state index contributed by atoms with van der Waals surface area (Å²) in [6.07, 6.45) is 0. The number of aryl methyl sites for hydroxylation is 3. The molecule has 0 amide bonds. The first kappa shape index (κ1) is 16.4. The number of aromatic nitrogens is 3. The lowest BCUT2D eigenvalue weighted by Crippen LogP contribution is -2.29. The molecule has 5 nitrogen and oxygen atoms in total. The van der Waals surface area contributed by atoms with E-state index in [9.17, 15) is 0 Å². The number of nitrogens with zero attached hydrogens (tertiary/aromatic N) is 3. The lowest BCUT2D eigenvalue weighted by Gasteiger charge is -2.13. The van der Waals surface area contributed by atoms with Gasteiger partial charge in [-0.05, 0) is 57.1 Å². The van der Waals surface area contributed by atoms with Gasteiger partial charge in [0.15, 0.2) is 10.9 Å².